The van der Waals surface area contributed by atoms with E-state index < -0.39 is 0 Å². The van der Waals surface area contributed by atoms with E-state index in [0.29, 0.717) is 0 Å². The number of aromatic amines is 1. The average Bonchev–Trinajstić information content (AvgIpc) is 2.42. The van der Waals surface area contributed by atoms with Crippen molar-refractivity contribution in [2.45, 2.75) is 0 Å². The zero-order chi connectivity index (χ0) is 9.42. The fourth-order valence-electron chi connectivity index (χ4n) is 1.34. The van der Waals surface area contributed by atoms with Crippen LogP contribution in [-0.2, 0) is 7.05 Å². The number of hydrogen-bond acceptors (Lipinski definition) is 2. The Bertz CT molecular complexity index is 496. The van der Waals surface area contributed by atoms with Gasteiger partial charge in [0.2, 0.25) is 0 Å². The van der Waals surface area contributed by atoms with Gasteiger partial charge in [-0.05, 0) is 12.1 Å². The van der Waals surface area contributed by atoms with E-state index in [0.717, 1.165) is 16.8 Å². The molecule has 0 aliphatic heterocycles. The number of aromatic nitrogens is 2. The number of fused-ring (bicyclic) bond motifs is 1. The molecule has 0 atom stereocenters. The van der Waals surface area contributed by atoms with Crippen LogP contribution in [0.25, 0.3) is 11.0 Å². The summed E-state index contributed by atoms with van der Waals surface area (Å²) in [5.41, 5.74) is 1.57. The molecule has 0 bridgehead atoms. The summed E-state index contributed by atoms with van der Waals surface area (Å²) >= 11 is 0. The Morgan fingerprint density at radius 1 is 1.46 bits per heavy atom. The summed E-state index contributed by atoms with van der Waals surface area (Å²) in [5, 5.41) is 0. The number of hydrogen-bond donors (Lipinski definition) is 1. The molecule has 1 heterocycles. The first-order valence-corrected chi connectivity index (χ1v) is 3.95. The molecular weight excluding hydrogens is 168 g/mol. The van der Waals surface area contributed by atoms with Crippen LogP contribution in [0.2, 0.25) is 0 Å². The zero-order valence-electron chi connectivity index (χ0n) is 7.50. The van der Waals surface area contributed by atoms with Crippen LogP contribution < -0.4 is 10.4 Å². The number of nitrogens with zero attached hydrogens (tertiary/aromatic N) is 1. The molecular formula is C9H10N2O2. The lowest BCUT2D eigenvalue weighted by molar-refractivity contribution is 0.415. The third-order valence-corrected chi connectivity index (χ3v) is 2.11. The van der Waals surface area contributed by atoms with Gasteiger partial charge < -0.3 is 9.72 Å². The molecule has 68 valence electrons. The molecule has 0 aliphatic carbocycles. The number of benzene rings is 1. The van der Waals surface area contributed by atoms with Crippen LogP contribution in [0.3, 0.4) is 0 Å². The summed E-state index contributed by atoms with van der Waals surface area (Å²) in [5.74, 6) is 0.745. The number of nitrogens with one attached hydrogen (secondary N) is 1. The lowest BCUT2D eigenvalue weighted by Gasteiger charge is -1.98. The van der Waals surface area contributed by atoms with Crippen molar-refractivity contribution >= 4 is 11.0 Å². The molecule has 0 fully saturated rings. The summed E-state index contributed by atoms with van der Waals surface area (Å²) in [6, 6.07) is 5.48. The maximum Gasteiger partial charge on any atom is 0.326 e. The smallest absolute Gasteiger partial charge is 0.326 e. The van der Waals surface area contributed by atoms with Crippen molar-refractivity contribution in [3.63, 3.8) is 0 Å². The number of imidazole rings is 1. The monoisotopic (exact) mass is 178 g/mol. The SMILES string of the molecule is COc1ccc2c(c1)[nH]c(=O)n2C. The molecule has 4 nitrogen and oxygen atoms in total. The van der Waals surface area contributed by atoms with Gasteiger partial charge in [-0.3, -0.25) is 4.57 Å². The molecule has 1 N–H and O–H groups in total. The molecule has 2 aromatic rings. The normalized spacial score (nSPS) is 10.6. The van der Waals surface area contributed by atoms with Crippen LogP contribution in [0.1, 0.15) is 0 Å². The molecule has 1 aromatic carbocycles. The highest BCUT2D eigenvalue weighted by Crippen LogP contribution is 2.16. The number of methoxy groups -OCH3 is 1. The van der Waals surface area contributed by atoms with Crippen LogP contribution in [0, 0.1) is 0 Å². The quantitative estimate of drug-likeness (QED) is 0.704. The highest BCUT2D eigenvalue weighted by molar-refractivity contribution is 5.76. The molecule has 0 spiro atoms. The van der Waals surface area contributed by atoms with Crippen LogP contribution >= 0.6 is 0 Å². The molecule has 0 saturated heterocycles. The second kappa shape index (κ2) is 2.65. The van der Waals surface area contributed by atoms with E-state index >= 15 is 0 Å². The largest absolute Gasteiger partial charge is 0.497 e. The molecule has 0 unspecified atom stereocenters. The lowest BCUT2D eigenvalue weighted by Crippen LogP contribution is -2.11. The Hall–Kier alpha value is -1.71. The van der Waals surface area contributed by atoms with Gasteiger partial charge in [-0.15, -0.1) is 0 Å². The Balaban J connectivity index is 2.80. The van der Waals surface area contributed by atoms with Crippen molar-refractivity contribution < 1.29 is 4.74 Å². The van der Waals surface area contributed by atoms with E-state index in [-0.39, 0.29) is 5.69 Å². The molecule has 4 heteroatoms. The highest BCUT2D eigenvalue weighted by atomic mass is 16.5. The predicted molar refractivity (Wildman–Crippen MR) is 50.1 cm³/mol. The molecule has 0 aliphatic rings. The first kappa shape index (κ1) is 7.91. The summed E-state index contributed by atoms with van der Waals surface area (Å²) in [6.07, 6.45) is 0. The topological polar surface area (TPSA) is 47.0 Å². The summed E-state index contributed by atoms with van der Waals surface area (Å²) in [6.45, 7) is 0. The minimum atomic E-state index is -0.108. The van der Waals surface area contributed by atoms with Crippen LogP contribution in [-0.4, -0.2) is 16.7 Å². The van der Waals surface area contributed by atoms with Crippen molar-refractivity contribution in [2.75, 3.05) is 7.11 Å². The maximum absolute atomic E-state index is 11.2. The van der Waals surface area contributed by atoms with Crippen molar-refractivity contribution in [3.8, 4) is 5.75 Å². The Morgan fingerprint density at radius 3 is 2.92 bits per heavy atom. The third-order valence-electron chi connectivity index (χ3n) is 2.11. The van der Waals surface area contributed by atoms with Crippen LogP contribution in [0.15, 0.2) is 23.0 Å². The first-order valence-electron chi connectivity index (χ1n) is 3.95. The van der Waals surface area contributed by atoms with E-state index in [1.807, 2.05) is 12.1 Å². The van der Waals surface area contributed by atoms with Gasteiger partial charge >= 0.3 is 5.69 Å². The van der Waals surface area contributed by atoms with Gasteiger partial charge in [-0.25, -0.2) is 4.79 Å². The van der Waals surface area contributed by atoms with Gasteiger partial charge in [0.25, 0.3) is 0 Å². The maximum atomic E-state index is 11.2. The molecule has 13 heavy (non-hydrogen) atoms. The van der Waals surface area contributed by atoms with E-state index in [9.17, 15) is 4.79 Å². The average molecular weight is 178 g/mol. The van der Waals surface area contributed by atoms with Crippen LogP contribution in [0.5, 0.6) is 5.75 Å². The predicted octanol–water partition coefficient (Wildman–Crippen LogP) is 0.875. The van der Waals surface area contributed by atoms with Crippen molar-refractivity contribution in [2.24, 2.45) is 7.05 Å². The van der Waals surface area contributed by atoms with Crippen molar-refractivity contribution in [1.29, 1.82) is 0 Å². The lowest BCUT2D eigenvalue weighted by atomic mass is 10.3. The van der Waals surface area contributed by atoms with Gasteiger partial charge in [0.05, 0.1) is 18.1 Å². The third kappa shape index (κ3) is 1.11. The van der Waals surface area contributed by atoms with Gasteiger partial charge in [0.1, 0.15) is 5.75 Å². The number of rotatable bonds is 1. The number of H-pyrrole nitrogens is 1. The van der Waals surface area contributed by atoms with Crippen molar-refractivity contribution in [3.05, 3.63) is 28.7 Å². The zero-order valence-corrected chi connectivity index (χ0v) is 7.50. The summed E-state index contributed by atoms with van der Waals surface area (Å²) in [7, 11) is 3.33. The minimum absolute atomic E-state index is 0.108. The summed E-state index contributed by atoms with van der Waals surface area (Å²) < 4.78 is 6.60. The first-order chi connectivity index (χ1) is 6.22. The van der Waals surface area contributed by atoms with E-state index in [1.54, 1.807) is 24.8 Å². The van der Waals surface area contributed by atoms with Gasteiger partial charge in [-0.1, -0.05) is 0 Å². The fourth-order valence-corrected chi connectivity index (χ4v) is 1.34. The second-order valence-electron chi connectivity index (χ2n) is 2.87. The Kier molecular flexibility index (Phi) is 1.62. The standard InChI is InChI=1S/C9H10N2O2/c1-11-8-4-3-6(13-2)5-7(8)10-9(11)12/h3-5H,1-2H3,(H,10,12). The highest BCUT2D eigenvalue weighted by Gasteiger charge is 2.02. The Labute approximate surface area is 74.8 Å². The van der Waals surface area contributed by atoms with E-state index in [1.165, 1.54) is 0 Å². The van der Waals surface area contributed by atoms with E-state index in [2.05, 4.69) is 4.98 Å². The molecule has 0 radical (unpaired) electrons. The molecule has 2 rings (SSSR count). The molecule has 1 aromatic heterocycles. The second-order valence-corrected chi connectivity index (χ2v) is 2.87. The number of aryl methyl sites for hydroxylation is 1. The van der Waals surface area contributed by atoms with Crippen molar-refractivity contribution in [1.82, 2.24) is 9.55 Å². The van der Waals surface area contributed by atoms with Crippen LogP contribution in [0.4, 0.5) is 0 Å². The van der Waals surface area contributed by atoms with E-state index in [4.69, 9.17) is 4.74 Å². The Morgan fingerprint density at radius 2 is 2.23 bits per heavy atom. The minimum Gasteiger partial charge on any atom is -0.497 e. The van der Waals surface area contributed by atoms with Gasteiger partial charge in [-0.2, -0.15) is 0 Å². The fraction of sp³-hybridized carbons (Fsp3) is 0.222. The summed E-state index contributed by atoms with van der Waals surface area (Å²) in [4.78, 5) is 13.9. The molecule has 0 saturated carbocycles. The van der Waals surface area contributed by atoms with Gasteiger partial charge in [0.15, 0.2) is 0 Å². The van der Waals surface area contributed by atoms with Gasteiger partial charge in [0, 0.05) is 13.1 Å². The molecule has 0 amide bonds. The number of ether oxygens (including phenoxy) is 1.